The number of carbonyl (C=O) groups excluding carboxylic acids is 2. The molecule has 2 amide bonds. The molecule has 29 heavy (non-hydrogen) atoms. The SMILES string of the molecule is CN1C(=O)C2(NC(=O)c3cc(Cc4ccccc4)[nH]n3)C3C(c4cccnc41)[C@H]32. The van der Waals surface area contributed by atoms with Crippen LogP contribution in [0.3, 0.4) is 0 Å². The van der Waals surface area contributed by atoms with E-state index in [1.165, 1.54) is 0 Å². The van der Waals surface area contributed by atoms with Crippen LogP contribution in [0.4, 0.5) is 5.82 Å². The maximum absolute atomic E-state index is 13.1. The molecule has 0 saturated heterocycles. The van der Waals surface area contributed by atoms with Gasteiger partial charge in [0.05, 0.1) is 0 Å². The highest BCUT2D eigenvalue weighted by atomic mass is 16.2. The van der Waals surface area contributed by atoms with Crippen molar-refractivity contribution in [3.63, 3.8) is 0 Å². The molecule has 4 aliphatic rings. The molecule has 3 aromatic rings. The molecule has 2 aromatic heterocycles. The van der Waals surface area contributed by atoms with Gasteiger partial charge in [-0.2, -0.15) is 5.10 Å². The number of hydrogen-bond donors (Lipinski definition) is 2. The Morgan fingerprint density at radius 3 is 2.79 bits per heavy atom. The molecule has 3 unspecified atom stereocenters. The number of aromatic amines is 1. The first-order valence-corrected chi connectivity index (χ1v) is 9.75. The normalized spacial score (nSPS) is 28.2. The number of nitrogens with zero attached hydrogens (tertiary/aromatic N) is 3. The van der Waals surface area contributed by atoms with E-state index in [0.717, 1.165) is 16.8 Å². The Balaban J connectivity index is 1.22. The number of aromatic nitrogens is 3. The monoisotopic (exact) mass is 385 g/mol. The Bertz CT molecular complexity index is 1140. The number of anilines is 1. The van der Waals surface area contributed by atoms with E-state index in [1.54, 1.807) is 24.2 Å². The summed E-state index contributed by atoms with van der Waals surface area (Å²) in [7, 11) is 1.73. The molecule has 1 aromatic carbocycles. The number of H-pyrrole nitrogens is 1. The fourth-order valence-electron chi connectivity index (χ4n) is 5.05. The Kier molecular flexibility index (Phi) is 3.14. The molecule has 7 nitrogen and oxygen atoms in total. The molecule has 4 heterocycles. The molecule has 0 spiro atoms. The van der Waals surface area contributed by atoms with Gasteiger partial charge in [0.1, 0.15) is 17.1 Å². The van der Waals surface area contributed by atoms with Gasteiger partial charge in [-0.1, -0.05) is 36.4 Å². The largest absolute Gasteiger partial charge is 0.336 e. The smallest absolute Gasteiger partial charge is 0.272 e. The first kappa shape index (κ1) is 16.5. The van der Waals surface area contributed by atoms with Crippen molar-refractivity contribution in [3.05, 3.63) is 77.2 Å². The summed E-state index contributed by atoms with van der Waals surface area (Å²) in [6, 6.07) is 15.7. The van der Waals surface area contributed by atoms with Crippen molar-refractivity contribution in [2.45, 2.75) is 17.9 Å². The van der Waals surface area contributed by atoms with Gasteiger partial charge in [-0.25, -0.2) is 4.98 Å². The minimum atomic E-state index is -0.810. The summed E-state index contributed by atoms with van der Waals surface area (Å²) in [5, 5.41) is 10.1. The predicted molar refractivity (Wildman–Crippen MR) is 105 cm³/mol. The molecular weight excluding hydrogens is 366 g/mol. The Labute approximate surface area is 167 Å². The lowest BCUT2D eigenvalue weighted by atomic mass is 9.93. The number of pyridine rings is 1. The molecule has 7 heteroatoms. The summed E-state index contributed by atoms with van der Waals surface area (Å²) in [5.41, 5.74) is 2.60. The quantitative estimate of drug-likeness (QED) is 0.718. The van der Waals surface area contributed by atoms with Crippen LogP contribution in [0.15, 0.2) is 54.7 Å². The van der Waals surface area contributed by atoms with E-state index in [2.05, 4.69) is 20.5 Å². The molecular formula is C22H19N5O2. The van der Waals surface area contributed by atoms with Gasteiger partial charge in [0, 0.05) is 37.2 Å². The van der Waals surface area contributed by atoms with E-state index >= 15 is 0 Å². The molecule has 0 radical (unpaired) electrons. The number of hydrogen-bond acceptors (Lipinski definition) is 4. The van der Waals surface area contributed by atoms with Gasteiger partial charge in [-0.05, 0) is 29.2 Å². The fraction of sp³-hybridized carbons (Fsp3) is 0.273. The fourth-order valence-corrected chi connectivity index (χ4v) is 5.05. The third-order valence-electron chi connectivity index (χ3n) is 6.54. The molecule has 144 valence electrons. The van der Waals surface area contributed by atoms with Crippen molar-refractivity contribution in [2.75, 3.05) is 11.9 Å². The summed E-state index contributed by atoms with van der Waals surface area (Å²) in [6.07, 6.45) is 2.37. The van der Waals surface area contributed by atoms with Crippen molar-refractivity contribution in [3.8, 4) is 0 Å². The highest BCUT2D eigenvalue weighted by Gasteiger charge is 2.90. The van der Waals surface area contributed by atoms with Gasteiger partial charge in [0.25, 0.3) is 11.8 Å². The standard InChI is InChI=1S/C22H19N5O2/c1-27-19-14(8-5-9-23-19)16-17-18(16)22(17,21(27)29)24-20(28)15-11-13(25-26-15)10-12-6-3-2-4-7-12/h2-9,11,16-18H,10H2,1H3,(H,24,28)(H,25,26)/t16?,17-,18?,22?/m1/s1. The first-order valence-electron chi connectivity index (χ1n) is 9.75. The van der Waals surface area contributed by atoms with Gasteiger partial charge in [0.15, 0.2) is 0 Å². The minimum Gasteiger partial charge on any atom is -0.336 e. The van der Waals surface area contributed by atoms with Crippen molar-refractivity contribution >= 4 is 17.6 Å². The summed E-state index contributed by atoms with van der Waals surface area (Å²) in [6.45, 7) is 0. The second-order valence-electron chi connectivity index (χ2n) is 8.12. The van der Waals surface area contributed by atoms with Crippen LogP contribution in [-0.2, 0) is 11.2 Å². The molecule has 2 saturated carbocycles. The van der Waals surface area contributed by atoms with Gasteiger partial charge in [-0.3, -0.25) is 19.6 Å². The van der Waals surface area contributed by atoms with Crippen LogP contribution in [0.1, 0.15) is 33.2 Å². The van der Waals surface area contributed by atoms with Crippen molar-refractivity contribution in [2.24, 2.45) is 11.8 Å². The third-order valence-corrected chi connectivity index (χ3v) is 6.54. The number of fused-ring (bicyclic) bond motifs is 1. The lowest BCUT2D eigenvalue weighted by Crippen LogP contribution is -2.54. The van der Waals surface area contributed by atoms with Crippen LogP contribution < -0.4 is 10.2 Å². The zero-order chi connectivity index (χ0) is 19.8. The van der Waals surface area contributed by atoms with Crippen molar-refractivity contribution < 1.29 is 9.59 Å². The van der Waals surface area contributed by atoms with E-state index in [-0.39, 0.29) is 23.7 Å². The number of benzene rings is 1. The minimum absolute atomic E-state index is 0.0883. The molecule has 7 rings (SSSR count). The Hall–Kier alpha value is -3.48. The number of carbonyl (C=O) groups is 2. The van der Waals surface area contributed by atoms with Gasteiger partial charge >= 0.3 is 0 Å². The van der Waals surface area contributed by atoms with Crippen LogP contribution in [0, 0.1) is 11.8 Å². The number of rotatable bonds is 4. The van der Waals surface area contributed by atoms with Crippen molar-refractivity contribution in [1.82, 2.24) is 20.5 Å². The van der Waals surface area contributed by atoms with E-state index in [4.69, 9.17) is 0 Å². The van der Waals surface area contributed by atoms with Gasteiger partial charge in [0.2, 0.25) is 0 Å². The lowest BCUT2D eigenvalue weighted by molar-refractivity contribution is -0.122. The first-order chi connectivity index (χ1) is 14.1. The maximum atomic E-state index is 13.1. The van der Waals surface area contributed by atoms with E-state index < -0.39 is 5.54 Å². The summed E-state index contributed by atoms with van der Waals surface area (Å²) < 4.78 is 0. The second kappa shape index (κ2) is 5.53. The summed E-state index contributed by atoms with van der Waals surface area (Å²) in [5.74, 6) is 0.931. The maximum Gasteiger partial charge on any atom is 0.272 e. The van der Waals surface area contributed by atoms with Crippen molar-refractivity contribution in [1.29, 1.82) is 0 Å². The van der Waals surface area contributed by atoms with Crippen LogP contribution >= 0.6 is 0 Å². The van der Waals surface area contributed by atoms with Crippen LogP contribution in [-0.4, -0.2) is 39.6 Å². The molecule has 4 atom stereocenters. The molecule has 2 aliphatic carbocycles. The molecule has 2 bridgehead atoms. The zero-order valence-corrected chi connectivity index (χ0v) is 15.8. The highest BCUT2D eigenvalue weighted by Crippen LogP contribution is 2.82. The Morgan fingerprint density at radius 2 is 2.00 bits per heavy atom. The van der Waals surface area contributed by atoms with E-state index in [0.29, 0.717) is 23.9 Å². The van der Waals surface area contributed by atoms with Gasteiger partial charge in [-0.15, -0.1) is 0 Å². The van der Waals surface area contributed by atoms with E-state index in [1.807, 2.05) is 42.5 Å². The molecule has 2 N–H and O–H groups in total. The zero-order valence-electron chi connectivity index (χ0n) is 15.8. The average molecular weight is 385 g/mol. The number of likely N-dealkylation sites (N-methyl/N-ethyl adjacent to an activating group) is 1. The van der Waals surface area contributed by atoms with Crippen LogP contribution in [0.25, 0.3) is 0 Å². The number of amides is 2. The van der Waals surface area contributed by atoms with Crippen LogP contribution in [0.2, 0.25) is 0 Å². The third kappa shape index (κ3) is 2.18. The Morgan fingerprint density at radius 1 is 1.21 bits per heavy atom. The summed E-state index contributed by atoms with van der Waals surface area (Å²) in [4.78, 5) is 32.0. The summed E-state index contributed by atoms with van der Waals surface area (Å²) >= 11 is 0. The topological polar surface area (TPSA) is 91.0 Å². The molecule has 2 aliphatic heterocycles. The molecule has 2 fully saturated rings. The predicted octanol–water partition coefficient (Wildman–Crippen LogP) is 1.88. The second-order valence-corrected chi connectivity index (χ2v) is 8.12. The lowest BCUT2D eigenvalue weighted by Gasteiger charge is -2.25. The van der Waals surface area contributed by atoms with E-state index in [9.17, 15) is 9.59 Å². The highest BCUT2D eigenvalue weighted by molar-refractivity contribution is 6.10. The van der Waals surface area contributed by atoms with Crippen LogP contribution in [0.5, 0.6) is 0 Å². The average Bonchev–Trinajstić information content (AvgIpc) is 3.60. The van der Waals surface area contributed by atoms with Gasteiger partial charge < -0.3 is 5.32 Å². The number of nitrogens with one attached hydrogen (secondary N) is 2.